The van der Waals surface area contributed by atoms with Crippen LogP contribution >= 0.6 is 0 Å². The molecule has 0 atom stereocenters. The molecule has 5 rings (SSSR count). The number of nitrogens with zero attached hydrogens (tertiary/aromatic N) is 5. The third kappa shape index (κ3) is 6.98. The van der Waals surface area contributed by atoms with Gasteiger partial charge in [0.05, 0.1) is 19.4 Å². The average molecular weight is 500 g/mol. The van der Waals surface area contributed by atoms with Gasteiger partial charge < -0.3 is 19.7 Å². The zero-order valence-electron chi connectivity index (χ0n) is 20.0. The monoisotopic (exact) mass is 499 g/mol. The lowest BCUT2D eigenvalue weighted by atomic mass is 10.2. The molecule has 0 unspecified atom stereocenters. The van der Waals surface area contributed by atoms with Gasteiger partial charge in [-0.15, -0.1) is 0 Å². The molecule has 10 heteroatoms. The van der Waals surface area contributed by atoms with Gasteiger partial charge in [0.1, 0.15) is 18.2 Å². The number of hydrazone groups is 1. The lowest BCUT2D eigenvalue weighted by molar-refractivity contribution is 0.122. The Bertz CT molecular complexity index is 1330. The number of rotatable bonds is 9. The van der Waals surface area contributed by atoms with E-state index in [0.717, 1.165) is 16.8 Å². The maximum atomic E-state index is 13.1. The van der Waals surface area contributed by atoms with E-state index in [2.05, 4.69) is 35.7 Å². The fourth-order valence-electron chi connectivity index (χ4n) is 3.62. The van der Waals surface area contributed by atoms with Crippen LogP contribution in [0.3, 0.4) is 0 Å². The Labute approximate surface area is 214 Å². The van der Waals surface area contributed by atoms with E-state index in [1.807, 2.05) is 54.6 Å². The Morgan fingerprint density at radius 1 is 0.919 bits per heavy atom. The molecule has 1 fully saturated rings. The Morgan fingerprint density at radius 2 is 1.70 bits per heavy atom. The molecule has 0 aliphatic carbocycles. The first-order valence-electron chi connectivity index (χ1n) is 11.9. The highest BCUT2D eigenvalue weighted by Gasteiger charge is 2.16. The van der Waals surface area contributed by atoms with Crippen LogP contribution in [0.2, 0.25) is 0 Å². The van der Waals surface area contributed by atoms with Gasteiger partial charge in [-0.2, -0.15) is 20.1 Å². The molecule has 0 spiro atoms. The summed E-state index contributed by atoms with van der Waals surface area (Å²) >= 11 is 0. The zero-order valence-corrected chi connectivity index (χ0v) is 20.0. The van der Waals surface area contributed by atoms with Crippen molar-refractivity contribution in [1.29, 1.82) is 0 Å². The number of morpholine rings is 1. The molecule has 0 saturated carbocycles. The number of hydrogen-bond acceptors (Lipinski definition) is 9. The Balaban J connectivity index is 1.27. The van der Waals surface area contributed by atoms with E-state index >= 15 is 0 Å². The molecule has 9 nitrogen and oxygen atoms in total. The van der Waals surface area contributed by atoms with Gasteiger partial charge in [0.15, 0.2) is 0 Å². The van der Waals surface area contributed by atoms with Crippen LogP contribution in [0.15, 0.2) is 84.0 Å². The van der Waals surface area contributed by atoms with Crippen molar-refractivity contribution in [1.82, 2.24) is 15.0 Å². The van der Waals surface area contributed by atoms with Gasteiger partial charge in [-0.1, -0.05) is 42.5 Å². The maximum Gasteiger partial charge on any atom is 0.250 e. The molecule has 1 aliphatic rings. The second kappa shape index (κ2) is 11.9. The molecular formula is C27H26FN7O2. The van der Waals surface area contributed by atoms with Gasteiger partial charge in [0.25, 0.3) is 0 Å². The van der Waals surface area contributed by atoms with Crippen LogP contribution in [0, 0.1) is 5.82 Å². The molecule has 0 amide bonds. The van der Waals surface area contributed by atoms with E-state index in [4.69, 9.17) is 9.47 Å². The summed E-state index contributed by atoms with van der Waals surface area (Å²) < 4.78 is 24.4. The van der Waals surface area contributed by atoms with Gasteiger partial charge in [0.2, 0.25) is 17.8 Å². The summed E-state index contributed by atoms with van der Waals surface area (Å²) in [6.45, 7) is 2.97. The molecule has 4 aromatic rings. The van der Waals surface area contributed by atoms with E-state index in [1.165, 1.54) is 12.1 Å². The van der Waals surface area contributed by atoms with Crippen LogP contribution in [0.1, 0.15) is 11.1 Å². The minimum Gasteiger partial charge on any atom is -0.489 e. The van der Waals surface area contributed by atoms with Gasteiger partial charge in [-0.3, -0.25) is 0 Å². The molecule has 2 N–H and O–H groups in total. The number of aromatic nitrogens is 3. The minimum atomic E-state index is -0.271. The van der Waals surface area contributed by atoms with Crippen molar-refractivity contribution in [3.05, 3.63) is 95.8 Å². The van der Waals surface area contributed by atoms with Crippen molar-refractivity contribution < 1.29 is 13.9 Å². The Morgan fingerprint density at radius 3 is 2.51 bits per heavy atom. The highest BCUT2D eigenvalue weighted by atomic mass is 19.1. The summed E-state index contributed by atoms with van der Waals surface area (Å²) in [6, 6.07) is 23.4. The third-order valence-electron chi connectivity index (χ3n) is 5.50. The van der Waals surface area contributed by atoms with Crippen molar-refractivity contribution in [3.8, 4) is 5.75 Å². The van der Waals surface area contributed by atoms with E-state index in [9.17, 15) is 4.39 Å². The standard InChI is InChI=1S/C27H26FN7O2/c28-22-11-9-20(10-12-22)19-37-24-8-4-5-21(17-24)18-29-34-26-31-25(30-23-6-2-1-3-7-23)32-27(33-26)35-13-15-36-16-14-35/h1-12,17-18H,13-16,19H2,(H2,30,31,32,33,34)/b29-18-. The average Bonchev–Trinajstić information content (AvgIpc) is 2.94. The lowest BCUT2D eigenvalue weighted by Gasteiger charge is -2.27. The van der Waals surface area contributed by atoms with Crippen molar-refractivity contribution in [2.45, 2.75) is 6.61 Å². The number of nitrogens with one attached hydrogen (secondary N) is 2. The molecule has 37 heavy (non-hydrogen) atoms. The zero-order chi connectivity index (χ0) is 25.3. The molecule has 2 heterocycles. The fourth-order valence-corrected chi connectivity index (χ4v) is 3.62. The second-order valence-electron chi connectivity index (χ2n) is 8.23. The number of benzene rings is 3. The van der Waals surface area contributed by atoms with Crippen LogP contribution in [-0.2, 0) is 11.3 Å². The number of anilines is 4. The van der Waals surface area contributed by atoms with Crippen LogP contribution in [0.25, 0.3) is 0 Å². The van der Waals surface area contributed by atoms with Gasteiger partial charge >= 0.3 is 0 Å². The summed E-state index contributed by atoms with van der Waals surface area (Å²) in [5, 5.41) is 7.54. The van der Waals surface area contributed by atoms with Crippen molar-refractivity contribution in [2.75, 3.05) is 41.9 Å². The second-order valence-corrected chi connectivity index (χ2v) is 8.23. The van der Waals surface area contributed by atoms with E-state index in [0.29, 0.717) is 56.5 Å². The van der Waals surface area contributed by atoms with Crippen LogP contribution < -0.4 is 20.4 Å². The van der Waals surface area contributed by atoms with Crippen molar-refractivity contribution >= 4 is 29.7 Å². The Kier molecular flexibility index (Phi) is 7.77. The summed E-state index contributed by atoms with van der Waals surface area (Å²) in [4.78, 5) is 15.7. The predicted octanol–water partition coefficient (Wildman–Crippen LogP) is 4.62. The van der Waals surface area contributed by atoms with Crippen LogP contribution in [-0.4, -0.2) is 47.5 Å². The van der Waals surface area contributed by atoms with E-state index in [-0.39, 0.29) is 5.82 Å². The first-order chi connectivity index (χ1) is 18.2. The van der Waals surface area contributed by atoms with Crippen molar-refractivity contribution in [2.24, 2.45) is 5.10 Å². The van der Waals surface area contributed by atoms with E-state index < -0.39 is 0 Å². The topological polar surface area (TPSA) is 96.8 Å². The number of para-hydroxylation sites is 1. The van der Waals surface area contributed by atoms with Gasteiger partial charge in [-0.25, -0.2) is 9.82 Å². The fraction of sp³-hybridized carbons (Fsp3) is 0.185. The molecular weight excluding hydrogens is 473 g/mol. The summed E-state index contributed by atoms with van der Waals surface area (Å²) in [5.41, 5.74) is 5.49. The molecule has 1 aliphatic heterocycles. The molecule has 1 saturated heterocycles. The highest BCUT2D eigenvalue weighted by molar-refractivity contribution is 5.80. The van der Waals surface area contributed by atoms with Gasteiger partial charge in [-0.05, 0) is 47.5 Å². The largest absolute Gasteiger partial charge is 0.489 e. The summed E-state index contributed by atoms with van der Waals surface area (Å²) in [6.07, 6.45) is 1.66. The number of hydrogen-bond donors (Lipinski definition) is 2. The maximum absolute atomic E-state index is 13.1. The first kappa shape index (κ1) is 24.1. The molecule has 188 valence electrons. The smallest absolute Gasteiger partial charge is 0.250 e. The van der Waals surface area contributed by atoms with Crippen LogP contribution in [0.4, 0.5) is 27.9 Å². The molecule has 0 bridgehead atoms. The highest BCUT2D eigenvalue weighted by Crippen LogP contribution is 2.19. The van der Waals surface area contributed by atoms with Gasteiger partial charge in [0, 0.05) is 18.8 Å². The lowest BCUT2D eigenvalue weighted by Crippen LogP contribution is -2.37. The SMILES string of the molecule is Fc1ccc(COc2cccc(/C=N\Nc3nc(Nc4ccccc4)nc(N4CCOCC4)n3)c2)cc1. The number of halogens is 1. The molecule has 3 aromatic carbocycles. The molecule has 0 radical (unpaired) electrons. The summed E-state index contributed by atoms with van der Waals surface area (Å²) in [7, 11) is 0. The normalized spacial score (nSPS) is 13.5. The minimum absolute atomic E-state index is 0.271. The summed E-state index contributed by atoms with van der Waals surface area (Å²) in [5.74, 6) is 1.68. The quantitative estimate of drug-likeness (QED) is 0.255. The van der Waals surface area contributed by atoms with Crippen LogP contribution in [0.5, 0.6) is 5.75 Å². The first-order valence-corrected chi connectivity index (χ1v) is 11.9. The Hall–Kier alpha value is -4.57. The van der Waals surface area contributed by atoms with E-state index in [1.54, 1.807) is 18.3 Å². The van der Waals surface area contributed by atoms with Crippen molar-refractivity contribution in [3.63, 3.8) is 0 Å². The third-order valence-corrected chi connectivity index (χ3v) is 5.50. The predicted molar refractivity (Wildman–Crippen MR) is 141 cm³/mol. The molecule has 1 aromatic heterocycles. The number of ether oxygens (including phenoxy) is 2.